The Morgan fingerprint density at radius 1 is 1.47 bits per heavy atom. The van der Waals surface area contributed by atoms with Crippen molar-refractivity contribution in [2.75, 3.05) is 5.75 Å². The third-order valence-electron chi connectivity index (χ3n) is 2.50. The molecule has 0 unspecified atom stereocenters. The van der Waals surface area contributed by atoms with Crippen LogP contribution in [-0.4, -0.2) is 31.6 Å². The summed E-state index contributed by atoms with van der Waals surface area (Å²) < 4.78 is 1.80. The van der Waals surface area contributed by atoms with Crippen molar-refractivity contribution in [2.45, 2.75) is 11.6 Å². The summed E-state index contributed by atoms with van der Waals surface area (Å²) in [4.78, 5) is 10.5. The molecule has 2 aromatic rings. The summed E-state index contributed by atoms with van der Waals surface area (Å²) in [6.07, 6.45) is 0.609. The number of aromatic nitrogens is 3. The molecule has 0 saturated carbocycles. The summed E-state index contributed by atoms with van der Waals surface area (Å²) in [5.74, 6) is -0.122. The summed E-state index contributed by atoms with van der Waals surface area (Å²) in [6, 6.07) is 7.54. The number of halogens is 1. The van der Waals surface area contributed by atoms with Gasteiger partial charge >= 0.3 is 5.97 Å². The van der Waals surface area contributed by atoms with Crippen molar-refractivity contribution in [2.24, 2.45) is 7.05 Å². The quantitative estimate of drug-likeness (QED) is 0.857. The van der Waals surface area contributed by atoms with E-state index >= 15 is 0 Å². The van der Waals surface area contributed by atoms with Crippen LogP contribution in [0.4, 0.5) is 0 Å². The first-order valence-electron chi connectivity index (χ1n) is 5.53. The molecule has 1 aromatic heterocycles. The number of carboxylic acid groups (broad SMARTS) is 1. The molecule has 0 fully saturated rings. The lowest BCUT2D eigenvalue weighted by atomic mass is 10.1. The molecular weight excluding hydrogens is 286 g/mol. The number of nitrogens with zero attached hydrogens (tertiary/aromatic N) is 3. The van der Waals surface area contributed by atoms with Crippen LogP contribution in [0.2, 0.25) is 5.02 Å². The number of aliphatic carboxylic acids is 1. The molecular formula is C12H12ClN3O2S. The fraction of sp³-hybridized carbons (Fsp3) is 0.250. The highest BCUT2D eigenvalue weighted by Crippen LogP contribution is 2.18. The minimum absolute atomic E-state index is 0.0247. The predicted molar refractivity (Wildman–Crippen MR) is 73.6 cm³/mol. The summed E-state index contributed by atoms with van der Waals surface area (Å²) >= 11 is 7.08. The van der Waals surface area contributed by atoms with Gasteiger partial charge in [-0.1, -0.05) is 35.5 Å². The van der Waals surface area contributed by atoms with Crippen LogP contribution < -0.4 is 0 Å². The van der Waals surface area contributed by atoms with Crippen LogP contribution >= 0.6 is 23.4 Å². The Kier molecular flexibility index (Phi) is 4.44. The minimum atomic E-state index is -0.871. The number of rotatable bonds is 5. The maximum atomic E-state index is 10.5. The summed E-state index contributed by atoms with van der Waals surface area (Å²) in [6.45, 7) is 0. The van der Waals surface area contributed by atoms with Crippen molar-refractivity contribution >= 4 is 29.3 Å². The van der Waals surface area contributed by atoms with E-state index < -0.39 is 5.97 Å². The van der Waals surface area contributed by atoms with E-state index in [0.717, 1.165) is 23.1 Å². The second-order valence-electron chi connectivity index (χ2n) is 3.95. The highest BCUT2D eigenvalue weighted by molar-refractivity contribution is 7.99. The van der Waals surface area contributed by atoms with Gasteiger partial charge in [0.25, 0.3) is 0 Å². The van der Waals surface area contributed by atoms with Gasteiger partial charge in [-0.05, 0) is 17.7 Å². The Balaban J connectivity index is 2.11. The number of carboxylic acids is 1. The van der Waals surface area contributed by atoms with Crippen molar-refractivity contribution in [3.05, 3.63) is 40.7 Å². The third-order valence-corrected chi connectivity index (χ3v) is 3.74. The number of hydrogen-bond donors (Lipinski definition) is 1. The molecule has 1 heterocycles. The van der Waals surface area contributed by atoms with Crippen LogP contribution in [0.25, 0.3) is 0 Å². The van der Waals surface area contributed by atoms with Gasteiger partial charge in [-0.2, -0.15) is 0 Å². The number of thioether (sulfide) groups is 1. The number of benzene rings is 1. The highest BCUT2D eigenvalue weighted by Gasteiger charge is 2.11. The highest BCUT2D eigenvalue weighted by atomic mass is 35.5. The van der Waals surface area contributed by atoms with Crippen LogP contribution in [0, 0.1) is 0 Å². The molecule has 0 atom stereocenters. The zero-order valence-corrected chi connectivity index (χ0v) is 11.8. The molecule has 0 spiro atoms. The molecule has 0 radical (unpaired) electrons. The first kappa shape index (κ1) is 13.9. The van der Waals surface area contributed by atoms with Gasteiger partial charge in [0.05, 0.1) is 5.75 Å². The van der Waals surface area contributed by atoms with Crippen molar-refractivity contribution < 1.29 is 9.90 Å². The topological polar surface area (TPSA) is 68.0 Å². The lowest BCUT2D eigenvalue weighted by molar-refractivity contribution is -0.133. The van der Waals surface area contributed by atoms with Crippen molar-refractivity contribution in [1.29, 1.82) is 0 Å². The van der Waals surface area contributed by atoms with Crippen LogP contribution in [-0.2, 0) is 18.3 Å². The monoisotopic (exact) mass is 297 g/mol. The standard InChI is InChI=1S/C12H12ClN3O2S/c1-16-10(6-8-3-2-4-9(13)5-8)14-15-12(16)19-7-11(17)18/h2-5H,6-7H2,1H3,(H,17,18). The smallest absolute Gasteiger partial charge is 0.313 e. The maximum Gasteiger partial charge on any atom is 0.313 e. The zero-order chi connectivity index (χ0) is 13.8. The Labute approximate surface area is 119 Å². The van der Waals surface area contributed by atoms with Gasteiger partial charge in [-0.15, -0.1) is 10.2 Å². The predicted octanol–water partition coefficient (Wildman–Crippen LogP) is 2.24. The van der Waals surface area contributed by atoms with Gasteiger partial charge in [0.2, 0.25) is 0 Å². The van der Waals surface area contributed by atoms with E-state index in [1.807, 2.05) is 31.3 Å². The van der Waals surface area contributed by atoms with Gasteiger partial charge in [0.1, 0.15) is 5.82 Å². The molecule has 1 N–H and O–H groups in total. The Morgan fingerprint density at radius 3 is 2.95 bits per heavy atom. The SMILES string of the molecule is Cn1c(Cc2cccc(Cl)c2)nnc1SCC(=O)O. The molecule has 1 aromatic carbocycles. The van der Waals surface area contributed by atoms with Gasteiger partial charge < -0.3 is 9.67 Å². The van der Waals surface area contributed by atoms with Gasteiger partial charge in [-0.25, -0.2) is 0 Å². The molecule has 0 aliphatic carbocycles. The van der Waals surface area contributed by atoms with Crippen molar-refractivity contribution in [3.8, 4) is 0 Å². The van der Waals surface area contributed by atoms with E-state index in [4.69, 9.17) is 16.7 Å². The fourth-order valence-corrected chi connectivity index (χ4v) is 2.44. The van der Waals surface area contributed by atoms with E-state index in [9.17, 15) is 4.79 Å². The maximum absolute atomic E-state index is 10.5. The van der Waals surface area contributed by atoms with E-state index in [1.165, 1.54) is 0 Å². The second-order valence-corrected chi connectivity index (χ2v) is 5.33. The first-order valence-corrected chi connectivity index (χ1v) is 6.90. The van der Waals surface area contributed by atoms with E-state index in [0.29, 0.717) is 16.6 Å². The van der Waals surface area contributed by atoms with Crippen LogP contribution in [0.15, 0.2) is 29.4 Å². The van der Waals surface area contributed by atoms with Crippen LogP contribution in [0.3, 0.4) is 0 Å². The van der Waals surface area contributed by atoms with Gasteiger partial charge in [0.15, 0.2) is 5.16 Å². The molecule has 0 amide bonds. The molecule has 19 heavy (non-hydrogen) atoms. The fourth-order valence-electron chi connectivity index (χ4n) is 1.58. The molecule has 100 valence electrons. The van der Waals surface area contributed by atoms with Crippen molar-refractivity contribution in [1.82, 2.24) is 14.8 Å². The summed E-state index contributed by atoms with van der Waals surface area (Å²) in [5.41, 5.74) is 1.04. The molecule has 7 heteroatoms. The van der Waals surface area contributed by atoms with Crippen molar-refractivity contribution in [3.63, 3.8) is 0 Å². The normalized spacial score (nSPS) is 10.6. The summed E-state index contributed by atoms with van der Waals surface area (Å²) in [5, 5.41) is 18.0. The average molecular weight is 298 g/mol. The lowest BCUT2D eigenvalue weighted by Crippen LogP contribution is -2.03. The first-order chi connectivity index (χ1) is 9.06. The Bertz CT molecular complexity index is 600. The Hall–Kier alpha value is -1.53. The van der Waals surface area contributed by atoms with Gasteiger partial charge in [0, 0.05) is 18.5 Å². The van der Waals surface area contributed by atoms with Gasteiger partial charge in [-0.3, -0.25) is 4.79 Å². The van der Waals surface area contributed by atoms with Crippen LogP contribution in [0.5, 0.6) is 0 Å². The molecule has 5 nitrogen and oxygen atoms in total. The molecule has 0 bridgehead atoms. The van der Waals surface area contributed by atoms with Crippen LogP contribution in [0.1, 0.15) is 11.4 Å². The number of hydrogen-bond acceptors (Lipinski definition) is 4. The second kappa shape index (κ2) is 6.08. The van der Waals surface area contributed by atoms with E-state index in [-0.39, 0.29) is 5.75 Å². The molecule has 2 rings (SSSR count). The zero-order valence-electron chi connectivity index (χ0n) is 10.2. The minimum Gasteiger partial charge on any atom is -0.481 e. The molecule has 0 aliphatic rings. The Morgan fingerprint density at radius 2 is 2.26 bits per heavy atom. The van der Waals surface area contributed by atoms with E-state index in [2.05, 4.69) is 10.2 Å². The lowest BCUT2D eigenvalue weighted by Gasteiger charge is -2.03. The largest absolute Gasteiger partial charge is 0.481 e. The third kappa shape index (κ3) is 3.71. The molecule has 0 saturated heterocycles. The van der Waals surface area contributed by atoms with E-state index in [1.54, 1.807) is 4.57 Å². The average Bonchev–Trinajstić information content (AvgIpc) is 2.68. The number of carbonyl (C=O) groups is 1. The molecule has 0 aliphatic heterocycles. The summed E-state index contributed by atoms with van der Waals surface area (Å²) in [7, 11) is 1.82.